The Morgan fingerprint density at radius 3 is 3.13 bits per heavy atom. The molecule has 2 rings (SSSR count). The standard InChI is InChI=1S/C10H9N3O2/c1-7(13(14)15)4-8-2-3-9-10(5-8)12-6-11-9/h2-6H,1H3,(H,11,12). The Bertz CT molecular complexity index is 542. The van der Waals surface area contributed by atoms with E-state index >= 15 is 0 Å². The van der Waals surface area contributed by atoms with E-state index in [1.165, 1.54) is 13.0 Å². The number of nitro groups is 1. The number of nitrogens with one attached hydrogen (secondary N) is 1. The van der Waals surface area contributed by atoms with Crippen molar-refractivity contribution in [1.29, 1.82) is 0 Å². The summed E-state index contributed by atoms with van der Waals surface area (Å²) in [6.45, 7) is 1.47. The number of benzene rings is 1. The number of nitrogens with zero attached hydrogens (tertiary/aromatic N) is 2. The van der Waals surface area contributed by atoms with Crippen molar-refractivity contribution in [2.24, 2.45) is 0 Å². The summed E-state index contributed by atoms with van der Waals surface area (Å²) in [6, 6.07) is 5.45. The molecule has 0 fully saturated rings. The molecule has 1 aromatic carbocycles. The van der Waals surface area contributed by atoms with E-state index in [1.54, 1.807) is 12.4 Å². The molecule has 0 aliphatic carbocycles. The first-order chi connectivity index (χ1) is 7.16. The molecule has 0 unspecified atom stereocenters. The molecule has 5 nitrogen and oxygen atoms in total. The van der Waals surface area contributed by atoms with Crippen molar-refractivity contribution < 1.29 is 4.92 Å². The quantitative estimate of drug-likeness (QED) is 0.600. The highest BCUT2D eigenvalue weighted by atomic mass is 16.6. The van der Waals surface area contributed by atoms with Crippen LogP contribution in [0.5, 0.6) is 0 Å². The molecule has 0 aliphatic rings. The van der Waals surface area contributed by atoms with Gasteiger partial charge in [0.2, 0.25) is 5.70 Å². The second kappa shape index (κ2) is 3.53. The van der Waals surface area contributed by atoms with Gasteiger partial charge in [-0.1, -0.05) is 6.07 Å². The van der Waals surface area contributed by atoms with E-state index in [2.05, 4.69) is 9.97 Å². The van der Waals surface area contributed by atoms with Gasteiger partial charge in [0.05, 0.1) is 22.3 Å². The third-order valence-corrected chi connectivity index (χ3v) is 2.11. The maximum atomic E-state index is 10.4. The zero-order valence-corrected chi connectivity index (χ0v) is 8.10. The molecule has 0 atom stereocenters. The molecule has 0 amide bonds. The van der Waals surface area contributed by atoms with Crippen LogP contribution in [0.1, 0.15) is 12.5 Å². The Kier molecular flexibility index (Phi) is 2.21. The van der Waals surface area contributed by atoms with E-state index in [1.807, 2.05) is 12.1 Å². The lowest BCUT2D eigenvalue weighted by atomic mass is 10.2. The molecule has 76 valence electrons. The molecule has 0 aliphatic heterocycles. The molecule has 0 saturated heterocycles. The van der Waals surface area contributed by atoms with Crippen molar-refractivity contribution in [2.45, 2.75) is 6.92 Å². The van der Waals surface area contributed by atoms with Crippen LogP contribution in [0.15, 0.2) is 30.2 Å². The van der Waals surface area contributed by atoms with Gasteiger partial charge < -0.3 is 4.98 Å². The highest BCUT2D eigenvalue weighted by molar-refractivity contribution is 5.77. The molecular weight excluding hydrogens is 194 g/mol. The van der Waals surface area contributed by atoms with E-state index in [-0.39, 0.29) is 5.70 Å². The van der Waals surface area contributed by atoms with Gasteiger partial charge in [-0.15, -0.1) is 0 Å². The maximum Gasteiger partial charge on any atom is 0.243 e. The van der Waals surface area contributed by atoms with Gasteiger partial charge in [-0.05, 0) is 17.7 Å². The van der Waals surface area contributed by atoms with E-state index in [0.29, 0.717) is 0 Å². The summed E-state index contributed by atoms with van der Waals surface area (Å²) in [5.74, 6) is 0. The Balaban J connectivity index is 2.44. The number of hydrogen-bond acceptors (Lipinski definition) is 3. The van der Waals surface area contributed by atoms with Crippen LogP contribution in [0.3, 0.4) is 0 Å². The molecule has 1 heterocycles. The van der Waals surface area contributed by atoms with Crippen molar-refractivity contribution >= 4 is 17.1 Å². The van der Waals surface area contributed by atoms with Gasteiger partial charge in [0, 0.05) is 13.0 Å². The van der Waals surface area contributed by atoms with Gasteiger partial charge in [0.1, 0.15) is 0 Å². The minimum absolute atomic E-state index is 0.119. The first kappa shape index (κ1) is 9.39. The van der Waals surface area contributed by atoms with Gasteiger partial charge in [-0.3, -0.25) is 10.1 Å². The summed E-state index contributed by atoms with van der Waals surface area (Å²) in [4.78, 5) is 17.0. The fourth-order valence-corrected chi connectivity index (χ4v) is 1.34. The van der Waals surface area contributed by atoms with Crippen LogP contribution in [-0.2, 0) is 0 Å². The number of imidazole rings is 1. The SMILES string of the molecule is CC(=Cc1ccc2nc[nH]c2c1)[N+](=O)[O-]. The fraction of sp³-hybridized carbons (Fsp3) is 0.100. The van der Waals surface area contributed by atoms with Crippen LogP contribution in [0.2, 0.25) is 0 Å². The lowest BCUT2D eigenvalue weighted by molar-refractivity contribution is -0.422. The number of aromatic amines is 1. The van der Waals surface area contributed by atoms with Crippen LogP contribution < -0.4 is 0 Å². The molecule has 0 saturated carbocycles. The summed E-state index contributed by atoms with van der Waals surface area (Å²) in [5, 5.41) is 10.4. The number of rotatable bonds is 2. The normalized spacial score (nSPS) is 11.9. The minimum atomic E-state index is -0.406. The van der Waals surface area contributed by atoms with Crippen LogP contribution in [0, 0.1) is 10.1 Å². The van der Waals surface area contributed by atoms with Crippen molar-refractivity contribution in [3.63, 3.8) is 0 Å². The molecule has 0 bridgehead atoms. The van der Waals surface area contributed by atoms with Crippen LogP contribution in [0.4, 0.5) is 0 Å². The lowest BCUT2D eigenvalue weighted by Gasteiger charge is -1.94. The summed E-state index contributed by atoms with van der Waals surface area (Å²) in [7, 11) is 0. The monoisotopic (exact) mass is 203 g/mol. The Morgan fingerprint density at radius 1 is 1.60 bits per heavy atom. The number of hydrogen-bond donors (Lipinski definition) is 1. The van der Waals surface area contributed by atoms with E-state index in [4.69, 9.17) is 0 Å². The predicted molar refractivity (Wildman–Crippen MR) is 56.7 cm³/mol. The Labute approximate surface area is 85.6 Å². The smallest absolute Gasteiger partial charge is 0.243 e. The van der Waals surface area contributed by atoms with Gasteiger partial charge in [-0.25, -0.2) is 4.98 Å². The molecule has 5 heteroatoms. The molecule has 0 radical (unpaired) electrons. The maximum absolute atomic E-state index is 10.4. The zero-order chi connectivity index (χ0) is 10.8. The highest BCUT2D eigenvalue weighted by Gasteiger charge is 2.03. The third kappa shape index (κ3) is 1.85. The number of H-pyrrole nitrogens is 1. The van der Waals surface area contributed by atoms with E-state index in [9.17, 15) is 10.1 Å². The van der Waals surface area contributed by atoms with E-state index in [0.717, 1.165) is 16.6 Å². The summed E-state index contributed by atoms with van der Waals surface area (Å²) >= 11 is 0. The van der Waals surface area contributed by atoms with Gasteiger partial charge in [-0.2, -0.15) is 0 Å². The Hall–Kier alpha value is -2.17. The molecule has 1 aromatic heterocycles. The summed E-state index contributed by atoms with van der Waals surface area (Å²) in [5.41, 5.74) is 2.64. The molecule has 2 aromatic rings. The van der Waals surface area contributed by atoms with Crippen molar-refractivity contribution in [1.82, 2.24) is 9.97 Å². The Morgan fingerprint density at radius 2 is 2.40 bits per heavy atom. The lowest BCUT2D eigenvalue weighted by Crippen LogP contribution is -1.92. The summed E-state index contributed by atoms with van der Waals surface area (Å²) < 4.78 is 0. The molecule has 0 spiro atoms. The largest absolute Gasteiger partial charge is 0.345 e. The van der Waals surface area contributed by atoms with Crippen molar-refractivity contribution in [2.75, 3.05) is 0 Å². The summed E-state index contributed by atoms with van der Waals surface area (Å²) in [6.07, 6.45) is 3.12. The zero-order valence-electron chi connectivity index (χ0n) is 8.10. The minimum Gasteiger partial charge on any atom is -0.345 e. The second-order valence-corrected chi connectivity index (χ2v) is 3.22. The highest BCUT2D eigenvalue weighted by Crippen LogP contribution is 2.14. The number of aromatic nitrogens is 2. The average molecular weight is 203 g/mol. The first-order valence-electron chi connectivity index (χ1n) is 4.42. The van der Waals surface area contributed by atoms with Crippen molar-refractivity contribution in [3.05, 3.63) is 45.9 Å². The van der Waals surface area contributed by atoms with E-state index < -0.39 is 4.92 Å². The first-order valence-corrected chi connectivity index (χ1v) is 4.42. The van der Waals surface area contributed by atoms with Gasteiger partial charge >= 0.3 is 0 Å². The third-order valence-electron chi connectivity index (χ3n) is 2.11. The van der Waals surface area contributed by atoms with Gasteiger partial charge in [0.15, 0.2) is 0 Å². The molecule has 15 heavy (non-hydrogen) atoms. The van der Waals surface area contributed by atoms with Gasteiger partial charge in [0.25, 0.3) is 0 Å². The number of fused-ring (bicyclic) bond motifs is 1. The average Bonchev–Trinajstić information content (AvgIpc) is 2.64. The second-order valence-electron chi connectivity index (χ2n) is 3.22. The molecular formula is C10H9N3O2. The van der Waals surface area contributed by atoms with Crippen LogP contribution >= 0.6 is 0 Å². The number of allylic oxidation sites excluding steroid dienone is 1. The van der Waals surface area contributed by atoms with Crippen LogP contribution in [-0.4, -0.2) is 14.9 Å². The molecule has 1 N–H and O–H groups in total. The van der Waals surface area contributed by atoms with Crippen LogP contribution in [0.25, 0.3) is 17.1 Å². The predicted octanol–water partition coefficient (Wildman–Crippen LogP) is 2.20. The topological polar surface area (TPSA) is 71.8 Å². The van der Waals surface area contributed by atoms with Crippen molar-refractivity contribution in [3.8, 4) is 0 Å². The fourth-order valence-electron chi connectivity index (χ4n) is 1.34.